The summed E-state index contributed by atoms with van der Waals surface area (Å²) in [6, 6.07) is 6.67. The number of carboxylic acid groups (broad SMARTS) is 1. The van der Waals surface area contributed by atoms with E-state index < -0.39 is 12.0 Å². The van der Waals surface area contributed by atoms with Crippen LogP contribution >= 0.6 is 23.4 Å². The van der Waals surface area contributed by atoms with Gasteiger partial charge in [-0.25, -0.2) is 4.79 Å². The lowest BCUT2D eigenvalue weighted by Crippen LogP contribution is -2.44. The minimum absolute atomic E-state index is 0.0881. The Morgan fingerprint density at radius 3 is 2.80 bits per heavy atom. The summed E-state index contributed by atoms with van der Waals surface area (Å²) in [5, 5.41) is 9.70. The van der Waals surface area contributed by atoms with Crippen LogP contribution in [0.15, 0.2) is 24.3 Å². The van der Waals surface area contributed by atoms with E-state index in [1.54, 1.807) is 6.07 Å². The molecule has 0 aliphatic carbocycles. The van der Waals surface area contributed by atoms with Crippen molar-refractivity contribution < 1.29 is 14.7 Å². The van der Waals surface area contributed by atoms with E-state index in [1.165, 1.54) is 16.7 Å². The molecule has 6 heteroatoms. The number of rotatable bonds is 4. The molecular weight excluding hydrogens is 298 g/mol. The normalized spacial score (nSPS) is 22.0. The summed E-state index contributed by atoms with van der Waals surface area (Å²) >= 11 is 7.55. The average Bonchev–Trinajstić information content (AvgIpc) is 2.79. The molecular formula is C14H16ClNO3S. The molecule has 2 unspecified atom stereocenters. The molecule has 1 aliphatic heterocycles. The topological polar surface area (TPSA) is 57.6 Å². The van der Waals surface area contributed by atoms with Gasteiger partial charge in [0.05, 0.1) is 5.37 Å². The lowest BCUT2D eigenvalue weighted by atomic mass is 10.1. The van der Waals surface area contributed by atoms with Gasteiger partial charge in [0.25, 0.3) is 0 Å². The third-order valence-corrected chi connectivity index (χ3v) is 4.95. The minimum Gasteiger partial charge on any atom is -0.480 e. The van der Waals surface area contributed by atoms with Crippen molar-refractivity contribution in [2.24, 2.45) is 0 Å². The van der Waals surface area contributed by atoms with Crippen LogP contribution in [-0.4, -0.2) is 39.1 Å². The summed E-state index contributed by atoms with van der Waals surface area (Å²) in [6.45, 7) is 1.86. The number of hydrogen-bond acceptors (Lipinski definition) is 3. The number of thioether (sulfide) groups is 1. The van der Waals surface area contributed by atoms with Crippen molar-refractivity contribution in [3.63, 3.8) is 0 Å². The van der Waals surface area contributed by atoms with Gasteiger partial charge in [-0.05, 0) is 25.0 Å². The molecule has 0 bridgehead atoms. The molecule has 1 fully saturated rings. The monoisotopic (exact) mass is 313 g/mol. The summed E-state index contributed by atoms with van der Waals surface area (Å²) in [4.78, 5) is 24.9. The first-order chi connectivity index (χ1) is 9.50. The molecule has 1 aromatic rings. The Kier molecular flexibility index (Phi) is 4.94. The predicted molar refractivity (Wildman–Crippen MR) is 80.0 cm³/mol. The van der Waals surface area contributed by atoms with Crippen LogP contribution in [0, 0.1) is 0 Å². The van der Waals surface area contributed by atoms with Gasteiger partial charge < -0.3 is 10.0 Å². The third-order valence-electron chi connectivity index (χ3n) is 3.36. The number of aliphatic carboxylic acids is 1. The molecule has 0 spiro atoms. The number of amides is 1. The number of halogens is 1. The highest BCUT2D eigenvalue weighted by molar-refractivity contribution is 8.00. The zero-order valence-electron chi connectivity index (χ0n) is 11.1. The standard InChI is InChI=1S/C14H16ClNO3S/c1-9-16(12(8-20-9)14(18)19)13(17)7-6-10-4-2-3-5-11(10)15/h2-5,9,12H,6-8H2,1H3,(H,18,19). The van der Waals surface area contributed by atoms with Gasteiger partial charge >= 0.3 is 5.97 Å². The van der Waals surface area contributed by atoms with Gasteiger partial charge in [0.2, 0.25) is 5.91 Å². The van der Waals surface area contributed by atoms with Crippen molar-refractivity contribution in [3.05, 3.63) is 34.9 Å². The molecule has 108 valence electrons. The molecule has 1 aliphatic rings. The molecule has 0 saturated carbocycles. The molecule has 1 aromatic carbocycles. The van der Waals surface area contributed by atoms with E-state index in [2.05, 4.69) is 0 Å². The first-order valence-corrected chi connectivity index (χ1v) is 7.82. The number of aryl methyl sites for hydroxylation is 1. The highest BCUT2D eigenvalue weighted by atomic mass is 35.5. The summed E-state index contributed by atoms with van der Waals surface area (Å²) < 4.78 is 0. The lowest BCUT2D eigenvalue weighted by Gasteiger charge is -2.25. The van der Waals surface area contributed by atoms with Crippen LogP contribution in [0.2, 0.25) is 5.02 Å². The van der Waals surface area contributed by atoms with Crippen molar-refractivity contribution in [1.82, 2.24) is 4.90 Å². The van der Waals surface area contributed by atoms with Gasteiger partial charge in [-0.2, -0.15) is 0 Å². The van der Waals surface area contributed by atoms with E-state index >= 15 is 0 Å². The van der Waals surface area contributed by atoms with Crippen molar-refractivity contribution in [2.45, 2.75) is 31.2 Å². The first kappa shape index (κ1) is 15.2. The molecule has 20 heavy (non-hydrogen) atoms. The van der Waals surface area contributed by atoms with E-state index in [9.17, 15) is 9.59 Å². The van der Waals surface area contributed by atoms with E-state index in [0.717, 1.165) is 5.56 Å². The Balaban J connectivity index is 2.01. The quantitative estimate of drug-likeness (QED) is 0.928. The van der Waals surface area contributed by atoms with Crippen LogP contribution < -0.4 is 0 Å². The number of carboxylic acids is 1. The highest BCUT2D eigenvalue weighted by Crippen LogP contribution is 2.29. The largest absolute Gasteiger partial charge is 0.480 e. The number of hydrogen-bond donors (Lipinski definition) is 1. The van der Waals surface area contributed by atoms with Gasteiger partial charge in [0.15, 0.2) is 0 Å². The molecule has 1 N–H and O–H groups in total. The smallest absolute Gasteiger partial charge is 0.327 e. The Labute approximate surface area is 127 Å². The highest BCUT2D eigenvalue weighted by Gasteiger charge is 2.38. The molecule has 0 radical (unpaired) electrons. The zero-order chi connectivity index (χ0) is 14.7. The second kappa shape index (κ2) is 6.50. The van der Waals surface area contributed by atoms with Crippen LogP contribution in [0.3, 0.4) is 0 Å². The van der Waals surface area contributed by atoms with Crippen molar-refractivity contribution in [3.8, 4) is 0 Å². The van der Waals surface area contributed by atoms with Crippen molar-refractivity contribution >= 4 is 35.2 Å². The maximum atomic E-state index is 12.3. The molecule has 2 atom stereocenters. The molecule has 1 saturated heterocycles. The molecule has 2 rings (SSSR count). The lowest BCUT2D eigenvalue weighted by molar-refractivity contribution is -0.148. The van der Waals surface area contributed by atoms with Gasteiger partial charge in [0.1, 0.15) is 6.04 Å². The van der Waals surface area contributed by atoms with Crippen molar-refractivity contribution in [2.75, 3.05) is 5.75 Å². The summed E-state index contributed by atoms with van der Waals surface area (Å²) in [5.74, 6) is -0.614. The van der Waals surface area contributed by atoms with Crippen LogP contribution in [0.1, 0.15) is 18.9 Å². The summed E-state index contributed by atoms with van der Waals surface area (Å²) in [7, 11) is 0. The molecule has 0 aromatic heterocycles. The molecule has 4 nitrogen and oxygen atoms in total. The van der Waals surface area contributed by atoms with Gasteiger partial charge in [-0.3, -0.25) is 4.79 Å². The van der Waals surface area contributed by atoms with Crippen molar-refractivity contribution in [1.29, 1.82) is 0 Å². The fourth-order valence-corrected chi connectivity index (χ4v) is 3.70. The fraction of sp³-hybridized carbons (Fsp3) is 0.429. The van der Waals surface area contributed by atoms with Crippen LogP contribution in [0.25, 0.3) is 0 Å². The van der Waals surface area contributed by atoms with Crippen LogP contribution in [0.5, 0.6) is 0 Å². The third kappa shape index (κ3) is 3.27. The maximum absolute atomic E-state index is 12.3. The number of benzene rings is 1. The SMILES string of the molecule is CC1SCC(C(=O)O)N1C(=O)CCc1ccccc1Cl. The first-order valence-electron chi connectivity index (χ1n) is 6.39. The van der Waals surface area contributed by atoms with Gasteiger partial charge in [0, 0.05) is 17.2 Å². The zero-order valence-corrected chi connectivity index (χ0v) is 12.7. The second-order valence-corrected chi connectivity index (χ2v) is 6.44. The maximum Gasteiger partial charge on any atom is 0.327 e. The Bertz CT molecular complexity index is 523. The minimum atomic E-state index is -0.937. The van der Waals surface area contributed by atoms with E-state index in [0.29, 0.717) is 17.2 Å². The van der Waals surface area contributed by atoms with E-state index in [1.807, 2.05) is 25.1 Å². The summed E-state index contributed by atoms with van der Waals surface area (Å²) in [6.07, 6.45) is 0.803. The van der Waals surface area contributed by atoms with E-state index in [4.69, 9.17) is 16.7 Å². The molecule has 1 heterocycles. The predicted octanol–water partition coefficient (Wildman–Crippen LogP) is 2.65. The van der Waals surface area contributed by atoms with E-state index in [-0.39, 0.29) is 17.7 Å². The second-order valence-electron chi connectivity index (χ2n) is 4.68. The Morgan fingerprint density at radius 1 is 1.45 bits per heavy atom. The van der Waals surface area contributed by atoms with Crippen LogP contribution in [0.4, 0.5) is 0 Å². The Hall–Kier alpha value is -1.20. The Morgan fingerprint density at radius 2 is 2.15 bits per heavy atom. The van der Waals surface area contributed by atoms with Gasteiger partial charge in [-0.15, -0.1) is 11.8 Å². The van der Waals surface area contributed by atoms with Gasteiger partial charge in [-0.1, -0.05) is 29.8 Å². The number of carbonyl (C=O) groups is 2. The van der Waals surface area contributed by atoms with Crippen LogP contribution in [-0.2, 0) is 16.0 Å². The molecule has 1 amide bonds. The summed E-state index contributed by atoms with van der Waals surface area (Å²) in [5.41, 5.74) is 0.911. The number of carbonyl (C=O) groups excluding carboxylic acids is 1. The average molecular weight is 314 g/mol. The number of nitrogens with zero attached hydrogens (tertiary/aromatic N) is 1. The fourth-order valence-electron chi connectivity index (χ4n) is 2.28.